The first-order chi connectivity index (χ1) is 17.4. The zero-order valence-corrected chi connectivity index (χ0v) is 20.4. The van der Waals surface area contributed by atoms with Gasteiger partial charge in [-0.3, -0.25) is 19.7 Å². The van der Waals surface area contributed by atoms with Gasteiger partial charge >= 0.3 is 0 Å². The molecule has 1 aliphatic heterocycles. The SMILES string of the molecule is COc1cc(C2C3=C(CCCC3=O)N(C)C3=C2C(=O)CCC3)ccc1OCc1ccc([N+](=O)[O-])cc1. The molecule has 0 fully saturated rings. The standard InChI is InChI=1S/C28H28N2O6/c1-29-20-5-3-7-22(31)27(20)26(28-21(29)6-4-8-23(28)32)18-11-14-24(25(15-18)35-2)36-16-17-9-12-19(13-10-17)30(33)34/h9-15,26H,3-8,16H2,1-2H3. The quantitative estimate of drug-likeness (QED) is 0.406. The van der Waals surface area contributed by atoms with Crippen LogP contribution in [0.4, 0.5) is 5.69 Å². The minimum absolute atomic E-state index is 0.0238. The molecule has 2 aliphatic carbocycles. The molecule has 3 aliphatic rings. The van der Waals surface area contributed by atoms with Crippen LogP contribution in [-0.2, 0) is 16.2 Å². The second-order valence-electron chi connectivity index (χ2n) is 9.39. The summed E-state index contributed by atoms with van der Waals surface area (Å²) in [6.07, 6.45) is 4.29. The summed E-state index contributed by atoms with van der Waals surface area (Å²) in [5.74, 6) is 0.834. The fraction of sp³-hybridized carbons (Fsp3) is 0.357. The van der Waals surface area contributed by atoms with Gasteiger partial charge in [-0.25, -0.2) is 0 Å². The van der Waals surface area contributed by atoms with E-state index in [0.29, 0.717) is 24.3 Å². The Morgan fingerprint density at radius 1 is 0.917 bits per heavy atom. The van der Waals surface area contributed by atoms with Gasteiger partial charge in [-0.1, -0.05) is 6.07 Å². The molecule has 0 saturated carbocycles. The van der Waals surface area contributed by atoms with E-state index >= 15 is 0 Å². The number of hydrogen-bond acceptors (Lipinski definition) is 7. The van der Waals surface area contributed by atoms with Crippen LogP contribution in [0.15, 0.2) is 65.0 Å². The third-order valence-electron chi connectivity index (χ3n) is 7.31. The Morgan fingerprint density at radius 2 is 1.53 bits per heavy atom. The predicted molar refractivity (Wildman–Crippen MR) is 133 cm³/mol. The van der Waals surface area contributed by atoms with Crippen LogP contribution in [0.3, 0.4) is 0 Å². The van der Waals surface area contributed by atoms with Crippen molar-refractivity contribution in [2.45, 2.75) is 51.0 Å². The molecule has 2 aromatic rings. The fourth-order valence-electron chi connectivity index (χ4n) is 5.54. The van der Waals surface area contributed by atoms with E-state index in [4.69, 9.17) is 9.47 Å². The van der Waals surface area contributed by atoms with Crippen LogP contribution in [-0.4, -0.2) is 35.5 Å². The van der Waals surface area contributed by atoms with Gasteiger partial charge in [0.2, 0.25) is 0 Å². The first-order valence-corrected chi connectivity index (χ1v) is 12.2. The van der Waals surface area contributed by atoms with Crippen molar-refractivity contribution in [2.24, 2.45) is 0 Å². The molecule has 2 aromatic carbocycles. The maximum atomic E-state index is 13.2. The molecule has 5 rings (SSSR count). The van der Waals surface area contributed by atoms with Crippen LogP contribution in [0, 0.1) is 10.1 Å². The number of benzene rings is 2. The van der Waals surface area contributed by atoms with Crippen LogP contribution in [0.25, 0.3) is 0 Å². The van der Waals surface area contributed by atoms with Crippen LogP contribution >= 0.6 is 0 Å². The number of Topliss-reactive ketones (excluding diaryl/α,β-unsaturated/α-hetero) is 2. The Morgan fingerprint density at radius 3 is 2.08 bits per heavy atom. The van der Waals surface area contributed by atoms with Gasteiger partial charge in [0.05, 0.1) is 12.0 Å². The minimum Gasteiger partial charge on any atom is -0.493 e. The number of carbonyl (C=O) groups is 2. The normalized spacial score (nSPS) is 18.2. The van der Waals surface area contributed by atoms with Gasteiger partial charge in [0.15, 0.2) is 23.1 Å². The first-order valence-electron chi connectivity index (χ1n) is 12.2. The lowest BCUT2D eigenvalue weighted by Crippen LogP contribution is -2.37. The summed E-state index contributed by atoms with van der Waals surface area (Å²) in [6.45, 7) is 0.212. The van der Waals surface area contributed by atoms with E-state index in [1.54, 1.807) is 25.3 Å². The van der Waals surface area contributed by atoms with E-state index in [1.165, 1.54) is 12.1 Å². The van der Waals surface area contributed by atoms with Crippen molar-refractivity contribution in [3.63, 3.8) is 0 Å². The Labute approximate surface area is 209 Å². The molecule has 36 heavy (non-hydrogen) atoms. The lowest BCUT2D eigenvalue weighted by molar-refractivity contribution is -0.384. The molecule has 186 valence electrons. The molecule has 0 aromatic heterocycles. The average Bonchev–Trinajstić information content (AvgIpc) is 2.89. The van der Waals surface area contributed by atoms with Gasteiger partial charge in [-0.2, -0.15) is 0 Å². The van der Waals surface area contributed by atoms with Crippen LogP contribution in [0.1, 0.15) is 55.6 Å². The highest BCUT2D eigenvalue weighted by molar-refractivity contribution is 6.06. The van der Waals surface area contributed by atoms with Gasteiger partial charge in [0, 0.05) is 60.5 Å². The summed E-state index contributed by atoms with van der Waals surface area (Å²) >= 11 is 0. The van der Waals surface area contributed by atoms with Crippen LogP contribution in [0.2, 0.25) is 0 Å². The Bertz CT molecular complexity index is 1260. The monoisotopic (exact) mass is 488 g/mol. The number of non-ortho nitro benzene ring substituents is 1. The smallest absolute Gasteiger partial charge is 0.269 e. The second kappa shape index (κ2) is 9.60. The van der Waals surface area contributed by atoms with Gasteiger partial charge in [0.1, 0.15) is 6.61 Å². The third-order valence-corrected chi connectivity index (χ3v) is 7.31. The lowest BCUT2D eigenvalue weighted by atomic mass is 9.71. The van der Waals surface area contributed by atoms with Gasteiger partial charge in [-0.15, -0.1) is 0 Å². The maximum Gasteiger partial charge on any atom is 0.269 e. The van der Waals surface area contributed by atoms with E-state index in [9.17, 15) is 19.7 Å². The second-order valence-corrected chi connectivity index (χ2v) is 9.39. The van der Waals surface area contributed by atoms with Crippen molar-refractivity contribution in [2.75, 3.05) is 14.2 Å². The highest BCUT2D eigenvalue weighted by atomic mass is 16.6. The molecule has 8 nitrogen and oxygen atoms in total. The number of hydrogen-bond donors (Lipinski definition) is 0. The number of carbonyl (C=O) groups excluding carboxylic acids is 2. The predicted octanol–water partition coefficient (Wildman–Crippen LogP) is 5.23. The number of allylic oxidation sites excluding steroid dienone is 4. The molecule has 0 N–H and O–H groups in total. The fourth-order valence-corrected chi connectivity index (χ4v) is 5.54. The van der Waals surface area contributed by atoms with Crippen molar-refractivity contribution < 1.29 is 24.0 Å². The average molecular weight is 489 g/mol. The van der Waals surface area contributed by atoms with Crippen molar-refractivity contribution in [1.82, 2.24) is 4.90 Å². The number of nitro groups is 1. The highest BCUT2D eigenvalue weighted by Crippen LogP contribution is 2.49. The zero-order valence-electron chi connectivity index (χ0n) is 20.4. The van der Waals surface area contributed by atoms with E-state index in [-0.39, 0.29) is 23.9 Å². The van der Waals surface area contributed by atoms with Crippen molar-refractivity contribution in [3.05, 3.63) is 86.2 Å². The molecule has 1 heterocycles. The zero-order chi connectivity index (χ0) is 25.4. The molecule has 0 spiro atoms. The molecule has 0 atom stereocenters. The van der Waals surface area contributed by atoms with Gasteiger partial charge in [0.25, 0.3) is 5.69 Å². The summed E-state index contributed by atoms with van der Waals surface area (Å²) in [7, 11) is 3.53. The van der Waals surface area contributed by atoms with Crippen molar-refractivity contribution in [1.29, 1.82) is 0 Å². The van der Waals surface area contributed by atoms with E-state index < -0.39 is 10.8 Å². The summed E-state index contributed by atoms with van der Waals surface area (Å²) in [4.78, 5) is 38.9. The maximum absolute atomic E-state index is 13.2. The lowest BCUT2D eigenvalue weighted by Gasteiger charge is -2.42. The highest BCUT2D eigenvalue weighted by Gasteiger charge is 2.42. The summed E-state index contributed by atoms with van der Waals surface area (Å²) < 4.78 is 11.6. The molecular formula is C28H28N2O6. The van der Waals surface area contributed by atoms with Crippen molar-refractivity contribution in [3.8, 4) is 11.5 Å². The van der Waals surface area contributed by atoms with E-state index in [1.807, 2.05) is 19.2 Å². The Balaban J connectivity index is 1.49. The summed E-state index contributed by atoms with van der Waals surface area (Å²) in [5.41, 5.74) is 5.18. The number of methoxy groups -OCH3 is 1. The van der Waals surface area contributed by atoms with E-state index in [2.05, 4.69) is 4.90 Å². The molecule has 0 amide bonds. The number of nitrogens with zero attached hydrogens (tertiary/aromatic N) is 2. The van der Waals surface area contributed by atoms with Gasteiger partial charge in [-0.05, 0) is 61.1 Å². The molecule has 0 bridgehead atoms. The molecule has 0 saturated heterocycles. The molecule has 0 unspecified atom stereocenters. The number of nitro benzene ring substituents is 1. The molecular weight excluding hydrogens is 460 g/mol. The minimum atomic E-state index is -0.439. The largest absolute Gasteiger partial charge is 0.493 e. The van der Waals surface area contributed by atoms with E-state index in [0.717, 1.165) is 59.4 Å². The number of ketones is 2. The summed E-state index contributed by atoms with van der Waals surface area (Å²) in [5, 5.41) is 10.9. The van der Waals surface area contributed by atoms with Crippen LogP contribution in [0.5, 0.6) is 11.5 Å². The Kier molecular flexibility index (Phi) is 6.35. The number of ether oxygens (including phenoxy) is 2. The van der Waals surface area contributed by atoms with Gasteiger partial charge < -0.3 is 14.4 Å². The van der Waals surface area contributed by atoms with Crippen LogP contribution < -0.4 is 9.47 Å². The topological polar surface area (TPSA) is 99.0 Å². The Hall–Kier alpha value is -3.94. The third kappa shape index (κ3) is 4.17. The molecule has 0 radical (unpaired) electrons. The van der Waals surface area contributed by atoms with Crippen molar-refractivity contribution >= 4 is 17.3 Å². The molecule has 8 heteroatoms. The number of rotatable bonds is 6. The first kappa shape index (κ1) is 23.8. The summed E-state index contributed by atoms with van der Waals surface area (Å²) in [6, 6.07) is 11.8.